The molecule has 10 nitrogen and oxygen atoms in total. The number of aryl methyl sites for hydroxylation is 1. The molecule has 0 aliphatic heterocycles. The second-order valence-electron chi connectivity index (χ2n) is 10.7. The van der Waals surface area contributed by atoms with Gasteiger partial charge >= 0.3 is 0 Å². The number of methoxy groups -OCH3 is 2. The van der Waals surface area contributed by atoms with E-state index in [2.05, 4.69) is 22.2 Å². The van der Waals surface area contributed by atoms with Crippen molar-refractivity contribution in [2.75, 3.05) is 33.1 Å². The standard InChI is InChI=1S/C34H34N4O6/c1-37(21-23-14-17-29(43-2)30(19-23)44-3)18-6-7-22-12-15-25(16-13-22)35-31(39)20-24-8-4-9-26-32(24)36-33-27(34(26)40)10-5-11-28(33)38(41)42/h4-5,8-17,19H,6-7,18,20-21H2,1-3H3,(H,35,39)(H,36,40). The number of H-pyrrole nitrogens is 1. The van der Waals surface area contributed by atoms with E-state index in [1.807, 2.05) is 42.5 Å². The molecule has 4 aromatic carbocycles. The summed E-state index contributed by atoms with van der Waals surface area (Å²) >= 11 is 0. The lowest BCUT2D eigenvalue weighted by Gasteiger charge is -2.18. The highest BCUT2D eigenvalue weighted by Crippen LogP contribution is 2.28. The van der Waals surface area contributed by atoms with E-state index in [0.717, 1.165) is 37.2 Å². The van der Waals surface area contributed by atoms with E-state index in [0.29, 0.717) is 27.9 Å². The summed E-state index contributed by atoms with van der Waals surface area (Å²) in [6.07, 6.45) is 1.86. The van der Waals surface area contributed by atoms with Crippen LogP contribution in [0.4, 0.5) is 11.4 Å². The number of benzene rings is 4. The molecule has 0 aliphatic rings. The molecule has 2 N–H and O–H groups in total. The number of non-ortho nitro benzene ring substituents is 1. The predicted molar refractivity (Wildman–Crippen MR) is 172 cm³/mol. The fraction of sp³-hybridized carbons (Fsp3) is 0.235. The number of hydrogen-bond acceptors (Lipinski definition) is 7. The Kier molecular flexibility index (Phi) is 9.20. The van der Waals surface area contributed by atoms with Gasteiger partial charge in [0.2, 0.25) is 5.91 Å². The van der Waals surface area contributed by atoms with E-state index in [9.17, 15) is 19.7 Å². The van der Waals surface area contributed by atoms with Crippen molar-refractivity contribution >= 4 is 39.1 Å². The quantitative estimate of drug-likeness (QED) is 0.105. The first-order valence-corrected chi connectivity index (χ1v) is 14.3. The monoisotopic (exact) mass is 594 g/mol. The molecule has 10 heteroatoms. The third kappa shape index (κ3) is 6.71. The number of fused-ring (bicyclic) bond motifs is 2. The first-order chi connectivity index (χ1) is 21.3. The van der Waals surface area contributed by atoms with Crippen LogP contribution >= 0.6 is 0 Å². The molecule has 44 heavy (non-hydrogen) atoms. The Labute approximate surface area is 254 Å². The number of nitrogens with zero attached hydrogens (tertiary/aromatic N) is 2. The average Bonchev–Trinajstić information content (AvgIpc) is 3.02. The zero-order valence-electron chi connectivity index (χ0n) is 24.9. The summed E-state index contributed by atoms with van der Waals surface area (Å²) in [7, 11) is 5.35. The van der Waals surface area contributed by atoms with Crippen LogP contribution in [0.25, 0.3) is 21.8 Å². The van der Waals surface area contributed by atoms with Gasteiger partial charge in [0.25, 0.3) is 5.69 Å². The van der Waals surface area contributed by atoms with Crippen LogP contribution in [0.2, 0.25) is 0 Å². The van der Waals surface area contributed by atoms with E-state index in [4.69, 9.17) is 9.47 Å². The van der Waals surface area contributed by atoms with Crippen LogP contribution in [-0.4, -0.2) is 48.5 Å². The van der Waals surface area contributed by atoms with Crippen molar-refractivity contribution in [1.29, 1.82) is 0 Å². The molecule has 5 rings (SSSR count). The van der Waals surface area contributed by atoms with Crippen LogP contribution in [0.5, 0.6) is 11.5 Å². The minimum atomic E-state index is -0.526. The van der Waals surface area contributed by atoms with Crippen molar-refractivity contribution in [1.82, 2.24) is 9.88 Å². The summed E-state index contributed by atoms with van der Waals surface area (Å²) in [5.41, 5.74) is 3.61. The third-order valence-corrected chi connectivity index (χ3v) is 7.62. The van der Waals surface area contributed by atoms with Gasteiger partial charge in [-0.1, -0.05) is 36.4 Å². The highest BCUT2D eigenvalue weighted by molar-refractivity contribution is 6.00. The number of nitrogens with one attached hydrogen (secondary N) is 2. The number of aromatic nitrogens is 1. The molecule has 226 valence electrons. The van der Waals surface area contributed by atoms with Crippen molar-refractivity contribution in [2.24, 2.45) is 0 Å². The molecule has 1 aromatic heterocycles. The Morgan fingerprint density at radius 2 is 1.59 bits per heavy atom. The summed E-state index contributed by atoms with van der Waals surface area (Å²) < 4.78 is 10.7. The maximum absolute atomic E-state index is 13.1. The predicted octanol–water partition coefficient (Wildman–Crippen LogP) is 5.85. The Balaban J connectivity index is 1.18. The smallest absolute Gasteiger partial charge is 0.293 e. The number of nitro benzene ring substituents is 1. The van der Waals surface area contributed by atoms with Gasteiger partial charge in [0.05, 0.1) is 36.5 Å². The molecular formula is C34H34N4O6. The number of anilines is 1. The molecule has 0 saturated heterocycles. The van der Waals surface area contributed by atoms with E-state index in [1.54, 1.807) is 38.5 Å². The van der Waals surface area contributed by atoms with Gasteiger partial charge in [-0.3, -0.25) is 19.7 Å². The molecule has 0 atom stereocenters. The lowest BCUT2D eigenvalue weighted by Crippen LogP contribution is -2.19. The first-order valence-electron chi connectivity index (χ1n) is 14.3. The molecule has 0 aliphatic carbocycles. The maximum atomic E-state index is 13.1. The average molecular weight is 595 g/mol. The Morgan fingerprint density at radius 1 is 0.909 bits per heavy atom. The zero-order chi connectivity index (χ0) is 31.2. The molecular weight excluding hydrogens is 560 g/mol. The zero-order valence-corrected chi connectivity index (χ0v) is 24.9. The van der Waals surface area contributed by atoms with Crippen molar-refractivity contribution in [3.05, 3.63) is 116 Å². The number of ether oxygens (including phenoxy) is 2. The number of pyridine rings is 1. The van der Waals surface area contributed by atoms with Crippen LogP contribution in [0.3, 0.4) is 0 Å². The van der Waals surface area contributed by atoms with E-state index in [-0.39, 0.29) is 34.3 Å². The number of aromatic amines is 1. The normalized spacial score (nSPS) is 11.2. The van der Waals surface area contributed by atoms with Gasteiger partial charge < -0.3 is 24.7 Å². The maximum Gasteiger partial charge on any atom is 0.293 e. The van der Waals surface area contributed by atoms with Crippen molar-refractivity contribution in [3.8, 4) is 11.5 Å². The van der Waals surface area contributed by atoms with E-state index < -0.39 is 4.92 Å². The van der Waals surface area contributed by atoms with Crippen LogP contribution in [0.1, 0.15) is 23.1 Å². The Morgan fingerprint density at radius 3 is 2.30 bits per heavy atom. The second kappa shape index (κ2) is 13.4. The lowest BCUT2D eigenvalue weighted by molar-refractivity contribution is -0.383. The summed E-state index contributed by atoms with van der Waals surface area (Å²) in [5, 5.41) is 15.1. The molecule has 0 spiro atoms. The summed E-state index contributed by atoms with van der Waals surface area (Å²) in [6.45, 7) is 1.71. The fourth-order valence-electron chi connectivity index (χ4n) is 5.42. The van der Waals surface area contributed by atoms with Crippen LogP contribution in [-0.2, 0) is 24.2 Å². The third-order valence-electron chi connectivity index (χ3n) is 7.62. The fourth-order valence-corrected chi connectivity index (χ4v) is 5.42. The molecule has 1 heterocycles. The number of hydrogen-bond donors (Lipinski definition) is 2. The Bertz CT molecular complexity index is 1880. The summed E-state index contributed by atoms with van der Waals surface area (Å²) in [4.78, 5) is 42.4. The number of amides is 1. The number of carbonyl (C=O) groups excluding carboxylic acids is 1. The van der Waals surface area contributed by atoms with Crippen molar-refractivity contribution in [3.63, 3.8) is 0 Å². The summed E-state index contributed by atoms with van der Waals surface area (Å²) in [6, 6.07) is 23.2. The second-order valence-corrected chi connectivity index (χ2v) is 10.7. The molecule has 0 bridgehead atoms. The van der Waals surface area contributed by atoms with Gasteiger partial charge in [-0.25, -0.2) is 0 Å². The van der Waals surface area contributed by atoms with E-state index in [1.165, 1.54) is 17.7 Å². The summed E-state index contributed by atoms with van der Waals surface area (Å²) in [5.74, 6) is 1.17. The topological polar surface area (TPSA) is 127 Å². The van der Waals surface area contributed by atoms with Crippen molar-refractivity contribution < 1.29 is 19.2 Å². The highest BCUT2D eigenvalue weighted by atomic mass is 16.6. The van der Waals surface area contributed by atoms with Crippen molar-refractivity contribution in [2.45, 2.75) is 25.8 Å². The molecule has 0 unspecified atom stereocenters. The Hall–Kier alpha value is -5.22. The molecule has 0 saturated carbocycles. The molecule has 0 fully saturated rings. The van der Waals surface area contributed by atoms with Crippen LogP contribution in [0.15, 0.2) is 83.7 Å². The lowest BCUT2D eigenvalue weighted by atomic mass is 10.0. The first kappa shape index (κ1) is 30.2. The minimum absolute atomic E-state index is 0.00638. The van der Waals surface area contributed by atoms with Gasteiger partial charge in [0, 0.05) is 23.7 Å². The van der Waals surface area contributed by atoms with Crippen LogP contribution in [0, 0.1) is 10.1 Å². The largest absolute Gasteiger partial charge is 0.493 e. The molecule has 1 amide bonds. The van der Waals surface area contributed by atoms with Gasteiger partial charge in [-0.2, -0.15) is 0 Å². The van der Waals surface area contributed by atoms with Gasteiger partial charge in [-0.05, 0) is 79.5 Å². The van der Waals surface area contributed by atoms with E-state index >= 15 is 0 Å². The molecule has 0 radical (unpaired) electrons. The number of rotatable bonds is 12. The number of nitro groups is 1. The highest BCUT2D eigenvalue weighted by Gasteiger charge is 2.18. The van der Waals surface area contributed by atoms with Crippen LogP contribution < -0.4 is 20.2 Å². The van der Waals surface area contributed by atoms with Gasteiger partial charge in [-0.15, -0.1) is 0 Å². The number of para-hydroxylation sites is 2. The molecule has 5 aromatic rings. The SMILES string of the molecule is COc1ccc(CN(C)CCCc2ccc(NC(=O)Cc3cccc4c(=O)c5cccc([N+](=O)[O-])c5[nH]c34)cc2)cc1OC. The minimum Gasteiger partial charge on any atom is -0.493 e. The van der Waals surface area contributed by atoms with Gasteiger partial charge in [0.15, 0.2) is 16.9 Å². The number of carbonyl (C=O) groups is 1. The van der Waals surface area contributed by atoms with Gasteiger partial charge in [0.1, 0.15) is 5.52 Å².